The number of carbonyl (C=O) groups excluding carboxylic acids is 2. The maximum Gasteiger partial charge on any atom is 0.245 e. The Hall–Kier alpha value is -1.06. The third-order valence-corrected chi connectivity index (χ3v) is 5.39. The highest BCUT2D eigenvalue weighted by atomic mass is 16.2. The summed E-state index contributed by atoms with van der Waals surface area (Å²) in [4.78, 5) is 26.3. The number of amides is 2. The Kier molecular flexibility index (Phi) is 2.59. The van der Waals surface area contributed by atoms with Crippen LogP contribution in [0.15, 0.2) is 0 Å². The molecule has 0 aromatic heterocycles. The van der Waals surface area contributed by atoms with E-state index >= 15 is 0 Å². The lowest BCUT2D eigenvalue weighted by Gasteiger charge is -2.41. The molecule has 0 unspecified atom stereocenters. The first kappa shape index (κ1) is 13.4. The summed E-state index contributed by atoms with van der Waals surface area (Å²) in [6.07, 6.45) is 0. The Labute approximate surface area is 109 Å². The summed E-state index contributed by atoms with van der Waals surface area (Å²) < 4.78 is 0. The molecule has 1 heterocycles. The average molecular weight is 252 g/mol. The minimum Gasteiger partial charge on any atom is -0.352 e. The average Bonchev–Trinajstić information content (AvgIpc) is 2.61. The molecule has 18 heavy (non-hydrogen) atoms. The molecular weight excluding hydrogens is 228 g/mol. The molecule has 4 nitrogen and oxygen atoms in total. The first-order valence-corrected chi connectivity index (χ1v) is 6.64. The van der Waals surface area contributed by atoms with E-state index in [0.29, 0.717) is 13.1 Å². The van der Waals surface area contributed by atoms with E-state index < -0.39 is 5.54 Å². The number of nitrogens with one attached hydrogen (secondary N) is 1. The molecule has 1 aliphatic heterocycles. The summed E-state index contributed by atoms with van der Waals surface area (Å²) in [7, 11) is 0. The summed E-state index contributed by atoms with van der Waals surface area (Å²) >= 11 is 0. The van der Waals surface area contributed by atoms with Crippen molar-refractivity contribution >= 4 is 11.8 Å². The molecule has 0 aromatic carbocycles. The van der Waals surface area contributed by atoms with Gasteiger partial charge in [-0.1, -0.05) is 27.7 Å². The molecule has 2 rings (SSSR count). The second-order valence-electron chi connectivity index (χ2n) is 7.18. The first-order chi connectivity index (χ1) is 8.04. The Morgan fingerprint density at radius 3 is 2.11 bits per heavy atom. The van der Waals surface area contributed by atoms with Crippen LogP contribution in [0, 0.1) is 16.7 Å². The molecule has 0 atom stereocenters. The normalized spacial score (nSPS) is 28.8. The quantitative estimate of drug-likeness (QED) is 0.767. The summed E-state index contributed by atoms with van der Waals surface area (Å²) in [6, 6.07) is 0. The Balaban J connectivity index is 2.23. The van der Waals surface area contributed by atoms with Crippen molar-refractivity contribution in [2.45, 2.75) is 47.1 Å². The van der Waals surface area contributed by atoms with E-state index in [4.69, 9.17) is 0 Å². The zero-order valence-corrected chi connectivity index (χ0v) is 12.3. The van der Waals surface area contributed by atoms with Crippen LogP contribution in [0.25, 0.3) is 0 Å². The standard InChI is InChI=1S/C14H24N2O2/c1-12(2)9(13(12,3)4)10(17)16-8-7-15-11(18)14(16,5)6/h9H,7-8H2,1-6H3,(H,15,18). The van der Waals surface area contributed by atoms with Gasteiger partial charge < -0.3 is 10.2 Å². The van der Waals surface area contributed by atoms with Gasteiger partial charge in [0.25, 0.3) is 0 Å². The Morgan fingerprint density at radius 2 is 1.67 bits per heavy atom. The monoisotopic (exact) mass is 252 g/mol. The maximum atomic E-state index is 12.7. The van der Waals surface area contributed by atoms with Crippen molar-refractivity contribution in [1.82, 2.24) is 10.2 Å². The zero-order valence-electron chi connectivity index (χ0n) is 12.3. The lowest BCUT2D eigenvalue weighted by molar-refractivity contribution is -0.150. The van der Waals surface area contributed by atoms with E-state index in [1.807, 2.05) is 13.8 Å². The topological polar surface area (TPSA) is 49.4 Å². The van der Waals surface area contributed by atoms with Crippen molar-refractivity contribution in [2.24, 2.45) is 16.7 Å². The number of hydrogen-bond acceptors (Lipinski definition) is 2. The van der Waals surface area contributed by atoms with Crippen LogP contribution in [0.2, 0.25) is 0 Å². The fourth-order valence-electron chi connectivity index (χ4n) is 3.25. The van der Waals surface area contributed by atoms with Crippen LogP contribution in [0.1, 0.15) is 41.5 Å². The predicted octanol–water partition coefficient (Wildman–Crippen LogP) is 1.41. The third-order valence-electron chi connectivity index (χ3n) is 5.39. The SMILES string of the molecule is CC1(C)C(=O)NCCN1C(=O)C1C(C)(C)C1(C)C. The number of hydrogen-bond donors (Lipinski definition) is 1. The molecule has 0 aromatic rings. The molecule has 102 valence electrons. The van der Waals surface area contributed by atoms with Crippen molar-refractivity contribution in [3.05, 3.63) is 0 Å². The van der Waals surface area contributed by atoms with Crippen LogP contribution < -0.4 is 5.32 Å². The maximum absolute atomic E-state index is 12.7. The van der Waals surface area contributed by atoms with E-state index in [1.165, 1.54) is 0 Å². The molecule has 2 amide bonds. The lowest BCUT2D eigenvalue weighted by atomic mass is 9.97. The fraction of sp³-hybridized carbons (Fsp3) is 0.857. The van der Waals surface area contributed by atoms with E-state index in [1.54, 1.807) is 4.90 Å². The van der Waals surface area contributed by atoms with Gasteiger partial charge in [-0.2, -0.15) is 0 Å². The summed E-state index contributed by atoms with van der Waals surface area (Å²) in [5.41, 5.74) is -0.688. The van der Waals surface area contributed by atoms with Crippen LogP contribution >= 0.6 is 0 Å². The number of nitrogens with zero attached hydrogens (tertiary/aromatic N) is 1. The minimum atomic E-state index is -0.732. The van der Waals surface area contributed by atoms with Crippen molar-refractivity contribution in [2.75, 3.05) is 13.1 Å². The Bertz CT molecular complexity index is 396. The third kappa shape index (κ3) is 1.50. The number of carbonyl (C=O) groups is 2. The van der Waals surface area contributed by atoms with E-state index in [-0.39, 0.29) is 28.6 Å². The molecule has 0 radical (unpaired) electrons. The van der Waals surface area contributed by atoms with E-state index in [9.17, 15) is 9.59 Å². The fourth-order valence-corrected chi connectivity index (χ4v) is 3.25. The van der Waals surface area contributed by atoms with Crippen LogP contribution in [-0.4, -0.2) is 35.3 Å². The smallest absolute Gasteiger partial charge is 0.245 e. The summed E-state index contributed by atoms with van der Waals surface area (Å²) in [5.74, 6) is 0.0957. The van der Waals surface area contributed by atoms with Gasteiger partial charge in [0.15, 0.2) is 0 Å². The van der Waals surface area contributed by atoms with Gasteiger partial charge in [0.2, 0.25) is 11.8 Å². The second-order valence-corrected chi connectivity index (χ2v) is 7.18. The second kappa shape index (κ2) is 3.49. The first-order valence-electron chi connectivity index (χ1n) is 6.64. The molecular formula is C14H24N2O2. The van der Waals surface area contributed by atoms with Crippen LogP contribution in [0.3, 0.4) is 0 Å². The van der Waals surface area contributed by atoms with Crippen molar-refractivity contribution in [3.63, 3.8) is 0 Å². The van der Waals surface area contributed by atoms with Gasteiger partial charge >= 0.3 is 0 Å². The van der Waals surface area contributed by atoms with Gasteiger partial charge in [-0.15, -0.1) is 0 Å². The highest BCUT2D eigenvalue weighted by Gasteiger charge is 2.69. The van der Waals surface area contributed by atoms with Gasteiger partial charge in [0.1, 0.15) is 5.54 Å². The molecule has 1 saturated carbocycles. The number of rotatable bonds is 1. The van der Waals surface area contributed by atoms with Crippen molar-refractivity contribution < 1.29 is 9.59 Å². The molecule has 0 spiro atoms. The Morgan fingerprint density at radius 1 is 1.17 bits per heavy atom. The molecule has 4 heteroatoms. The van der Waals surface area contributed by atoms with Crippen molar-refractivity contribution in [1.29, 1.82) is 0 Å². The highest BCUT2D eigenvalue weighted by Crippen LogP contribution is 2.69. The van der Waals surface area contributed by atoms with Gasteiger partial charge in [0, 0.05) is 19.0 Å². The lowest BCUT2D eigenvalue weighted by Crippen LogP contribution is -2.64. The summed E-state index contributed by atoms with van der Waals surface area (Å²) in [6.45, 7) is 13.3. The van der Waals surface area contributed by atoms with E-state index in [0.717, 1.165) is 0 Å². The minimum absolute atomic E-state index is 0.0219. The van der Waals surface area contributed by atoms with E-state index in [2.05, 4.69) is 33.0 Å². The molecule has 1 aliphatic carbocycles. The highest BCUT2D eigenvalue weighted by molar-refractivity contribution is 5.94. The molecule has 0 bridgehead atoms. The molecule has 1 saturated heterocycles. The van der Waals surface area contributed by atoms with Gasteiger partial charge in [0.05, 0.1) is 0 Å². The van der Waals surface area contributed by atoms with Crippen molar-refractivity contribution in [3.8, 4) is 0 Å². The van der Waals surface area contributed by atoms with Crippen LogP contribution in [-0.2, 0) is 9.59 Å². The summed E-state index contributed by atoms with van der Waals surface area (Å²) in [5, 5.41) is 2.83. The van der Waals surface area contributed by atoms with Gasteiger partial charge in [-0.05, 0) is 24.7 Å². The van der Waals surface area contributed by atoms with Crippen LogP contribution in [0.5, 0.6) is 0 Å². The molecule has 2 fully saturated rings. The molecule has 2 aliphatic rings. The number of piperazine rings is 1. The van der Waals surface area contributed by atoms with Gasteiger partial charge in [-0.25, -0.2) is 0 Å². The molecule has 1 N–H and O–H groups in total. The predicted molar refractivity (Wildman–Crippen MR) is 69.9 cm³/mol. The zero-order chi connectivity index (χ0) is 13.9. The van der Waals surface area contributed by atoms with Crippen LogP contribution in [0.4, 0.5) is 0 Å². The van der Waals surface area contributed by atoms with Gasteiger partial charge in [-0.3, -0.25) is 9.59 Å². The largest absolute Gasteiger partial charge is 0.352 e.